The number of methoxy groups -OCH3 is 1. The molecule has 0 aliphatic heterocycles. The van der Waals surface area contributed by atoms with Crippen LogP contribution in [0.5, 0.6) is 5.75 Å². The van der Waals surface area contributed by atoms with E-state index < -0.39 is 11.9 Å². The fourth-order valence-corrected chi connectivity index (χ4v) is 2.03. The molecule has 0 bridgehead atoms. The molecule has 2 rings (SSSR count). The van der Waals surface area contributed by atoms with Gasteiger partial charge in [-0.15, -0.1) is 0 Å². The molecule has 2 N–H and O–H groups in total. The summed E-state index contributed by atoms with van der Waals surface area (Å²) in [6.07, 6.45) is 2.87. The Morgan fingerprint density at radius 3 is 2.61 bits per heavy atom. The van der Waals surface area contributed by atoms with Crippen LogP contribution in [-0.4, -0.2) is 24.1 Å². The Bertz CT molecular complexity index is 771. The lowest BCUT2D eigenvalue weighted by atomic mass is 10.2. The highest BCUT2D eigenvalue weighted by atomic mass is 35.5. The topological polar surface area (TPSA) is 75.6 Å². The predicted molar refractivity (Wildman–Crippen MR) is 88.6 cm³/mol. The molecule has 5 nitrogen and oxygen atoms in total. The van der Waals surface area contributed by atoms with Crippen LogP contribution < -0.4 is 5.32 Å². The Kier molecular flexibility index (Phi) is 5.38. The highest BCUT2D eigenvalue weighted by molar-refractivity contribution is 6.32. The van der Waals surface area contributed by atoms with Crippen molar-refractivity contribution in [3.8, 4) is 5.75 Å². The highest BCUT2D eigenvalue weighted by Gasteiger charge is 2.10. The zero-order valence-corrected chi connectivity index (χ0v) is 13.0. The Balaban J connectivity index is 2.09. The van der Waals surface area contributed by atoms with E-state index in [1.807, 2.05) is 0 Å². The number of esters is 1. The largest absolute Gasteiger partial charge is 0.506 e. The summed E-state index contributed by atoms with van der Waals surface area (Å²) in [6, 6.07) is 11.2. The molecule has 0 radical (unpaired) electrons. The van der Waals surface area contributed by atoms with Crippen LogP contribution in [0.3, 0.4) is 0 Å². The van der Waals surface area contributed by atoms with Gasteiger partial charge in [-0.3, -0.25) is 4.79 Å². The van der Waals surface area contributed by atoms with Gasteiger partial charge in [0.15, 0.2) is 0 Å². The molecule has 0 fully saturated rings. The molecule has 0 saturated carbocycles. The zero-order valence-electron chi connectivity index (χ0n) is 12.2. The molecule has 0 heterocycles. The third-order valence-electron chi connectivity index (χ3n) is 3.00. The fourth-order valence-electron chi connectivity index (χ4n) is 1.83. The van der Waals surface area contributed by atoms with Crippen LogP contribution in [0.25, 0.3) is 6.08 Å². The summed E-state index contributed by atoms with van der Waals surface area (Å²) in [5, 5.41) is 12.9. The van der Waals surface area contributed by atoms with Crippen molar-refractivity contribution in [1.82, 2.24) is 0 Å². The first-order valence-electron chi connectivity index (χ1n) is 6.66. The lowest BCUT2D eigenvalue weighted by Gasteiger charge is -2.07. The second-order valence-corrected chi connectivity index (χ2v) is 4.97. The van der Waals surface area contributed by atoms with Crippen LogP contribution in [0.4, 0.5) is 5.69 Å². The molecule has 2 aromatic rings. The van der Waals surface area contributed by atoms with Crippen LogP contribution in [0, 0.1) is 0 Å². The first-order chi connectivity index (χ1) is 11.0. The first kappa shape index (κ1) is 16.6. The van der Waals surface area contributed by atoms with Gasteiger partial charge in [-0.1, -0.05) is 29.8 Å². The van der Waals surface area contributed by atoms with Gasteiger partial charge in [0, 0.05) is 11.1 Å². The number of benzene rings is 2. The summed E-state index contributed by atoms with van der Waals surface area (Å²) < 4.78 is 4.55. The van der Waals surface area contributed by atoms with Gasteiger partial charge < -0.3 is 15.2 Å². The molecule has 23 heavy (non-hydrogen) atoms. The standard InChI is InChI=1S/C17H14ClNO4/c1-23-17(22)12-6-8-14(15(20)10-12)19-16(21)9-7-11-4-2-3-5-13(11)18/h2-10,20H,1H3,(H,19,21)/b9-7+. The molecular formula is C17H14ClNO4. The van der Waals surface area contributed by atoms with Crippen molar-refractivity contribution in [2.75, 3.05) is 12.4 Å². The minimum atomic E-state index is -0.572. The Morgan fingerprint density at radius 1 is 1.22 bits per heavy atom. The molecule has 0 atom stereocenters. The van der Waals surface area contributed by atoms with Gasteiger partial charge in [0.2, 0.25) is 5.91 Å². The van der Waals surface area contributed by atoms with Crippen molar-refractivity contribution in [3.63, 3.8) is 0 Å². The maximum atomic E-state index is 11.9. The van der Waals surface area contributed by atoms with Gasteiger partial charge >= 0.3 is 5.97 Å². The summed E-state index contributed by atoms with van der Waals surface area (Å²) in [5.74, 6) is -1.24. The molecule has 0 saturated heterocycles. The minimum absolute atomic E-state index is 0.187. The molecule has 0 unspecified atom stereocenters. The van der Waals surface area contributed by atoms with E-state index in [9.17, 15) is 14.7 Å². The molecule has 118 valence electrons. The molecule has 1 amide bonds. The Morgan fingerprint density at radius 2 is 1.96 bits per heavy atom. The van der Waals surface area contributed by atoms with E-state index >= 15 is 0 Å². The van der Waals surface area contributed by atoms with E-state index in [0.717, 1.165) is 0 Å². The lowest BCUT2D eigenvalue weighted by Crippen LogP contribution is -2.08. The number of rotatable bonds is 4. The number of ether oxygens (including phenoxy) is 1. The monoisotopic (exact) mass is 331 g/mol. The van der Waals surface area contributed by atoms with Crippen molar-refractivity contribution in [3.05, 3.63) is 64.7 Å². The number of phenolic OH excluding ortho intramolecular Hbond substituents is 1. The van der Waals surface area contributed by atoms with Crippen molar-refractivity contribution in [2.24, 2.45) is 0 Å². The highest BCUT2D eigenvalue weighted by Crippen LogP contribution is 2.24. The third-order valence-corrected chi connectivity index (χ3v) is 3.34. The van der Waals surface area contributed by atoms with E-state index in [0.29, 0.717) is 10.6 Å². The third kappa shape index (κ3) is 4.34. The molecular weight excluding hydrogens is 318 g/mol. The van der Waals surface area contributed by atoms with E-state index in [-0.39, 0.29) is 17.0 Å². The van der Waals surface area contributed by atoms with Gasteiger partial charge in [0.05, 0.1) is 18.4 Å². The summed E-state index contributed by atoms with van der Waals surface area (Å²) in [7, 11) is 1.24. The maximum Gasteiger partial charge on any atom is 0.337 e. The molecule has 2 aromatic carbocycles. The van der Waals surface area contributed by atoms with E-state index in [4.69, 9.17) is 11.6 Å². The van der Waals surface area contributed by atoms with Crippen molar-refractivity contribution < 1.29 is 19.4 Å². The number of halogens is 1. The van der Waals surface area contributed by atoms with Gasteiger partial charge in [-0.25, -0.2) is 4.79 Å². The van der Waals surface area contributed by atoms with Gasteiger partial charge in [-0.2, -0.15) is 0 Å². The van der Waals surface area contributed by atoms with E-state index in [1.165, 1.54) is 31.4 Å². The average molecular weight is 332 g/mol. The molecule has 6 heteroatoms. The van der Waals surface area contributed by atoms with Crippen molar-refractivity contribution >= 4 is 35.2 Å². The minimum Gasteiger partial charge on any atom is -0.506 e. The SMILES string of the molecule is COC(=O)c1ccc(NC(=O)/C=C/c2ccccc2Cl)c(O)c1. The normalized spacial score (nSPS) is 10.5. The van der Waals surface area contributed by atoms with E-state index in [2.05, 4.69) is 10.1 Å². The average Bonchev–Trinajstić information content (AvgIpc) is 2.55. The number of carbonyl (C=O) groups is 2. The van der Waals surface area contributed by atoms with Crippen molar-refractivity contribution in [1.29, 1.82) is 0 Å². The van der Waals surface area contributed by atoms with E-state index in [1.54, 1.807) is 30.3 Å². The summed E-state index contributed by atoms with van der Waals surface area (Å²) in [6.45, 7) is 0. The second kappa shape index (κ2) is 7.47. The lowest BCUT2D eigenvalue weighted by molar-refractivity contribution is -0.111. The molecule has 0 aliphatic rings. The number of aromatic hydroxyl groups is 1. The number of amides is 1. The van der Waals surface area contributed by atoms with Gasteiger partial charge in [0.25, 0.3) is 0 Å². The summed E-state index contributed by atoms with van der Waals surface area (Å²) in [4.78, 5) is 23.2. The first-order valence-corrected chi connectivity index (χ1v) is 7.04. The Labute approximate surface area is 138 Å². The van der Waals surface area contributed by atoms with Crippen molar-refractivity contribution in [2.45, 2.75) is 0 Å². The maximum absolute atomic E-state index is 11.9. The number of carbonyl (C=O) groups excluding carboxylic acids is 2. The summed E-state index contributed by atoms with van der Waals surface area (Å²) in [5.41, 5.74) is 1.08. The van der Waals surface area contributed by atoms with Crippen LogP contribution in [0.2, 0.25) is 5.02 Å². The summed E-state index contributed by atoms with van der Waals surface area (Å²) >= 11 is 5.99. The fraction of sp³-hybridized carbons (Fsp3) is 0.0588. The number of anilines is 1. The number of phenols is 1. The second-order valence-electron chi connectivity index (χ2n) is 4.57. The number of hydrogen-bond acceptors (Lipinski definition) is 4. The zero-order chi connectivity index (χ0) is 16.8. The Hall–Kier alpha value is -2.79. The van der Waals surface area contributed by atoms with Crippen LogP contribution >= 0.6 is 11.6 Å². The van der Waals surface area contributed by atoms with Crippen LogP contribution in [0.1, 0.15) is 15.9 Å². The number of hydrogen-bond donors (Lipinski definition) is 2. The molecule has 0 spiro atoms. The van der Waals surface area contributed by atoms with Crippen LogP contribution in [-0.2, 0) is 9.53 Å². The molecule has 0 aliphatic carbocycles. The number of nitrogens with one attached hydrogen (secondary N) is 1. The predicted octanol–water partition coefficient (Wildman–Crippen LogP) is 3.48. The quantitative estimate of drug-likeness (QED) is 0.511. The smallest absolute Gasteiger partial charge is 0.337 e. The van der Waals surface area contributed by atoms with Crippen LogP contribution in [0.15, 0.2) is 48.5 Å². The van der Waals surface area contributed by atoms with Gasteiger partial charge in [-0.05, 0) is 35.9 Å². The molecule has 0 aromatic heterocycles. The van der Waals surface area contributed by atoms with Gasteiger partial charge in [0.1, 0.15) is 5.75 Å².